The lowest BCUT2D eigenvalue weighted by atomic mass is 10.1. The van der Waals surface area contributed by atoms with E-state index < -0.39 is 24.0 Å². The van der Waals surface area contributed by atoms with E-state index in [4.69, 9.17) is 9.47 Å². The summed E-state index contributed by atoms with van der Waals surface area (Å²) in [6.07, 6.45) is 1.09. The van der Waals surface area contributed by atoms with Crippen LogP contribution in [-0.2, 0) is 9.47 Å². The minimum absolute atomic E-state index is 0.0212. The van der Waals surface area contributed by atoms with Gasteiger partial charge in [0.15, 0.2) is 0 Å². The first-order chi connectivity index (χ1) is 14.9. The topological polar surface area (TPSA) is 111 Å². The molecule has 3 rings (SSSR count). The Labute approximate surface area is 183 Å². The maximum Gasteiger partial charge on any atom is 0.338 e. The minimum atomic E-state index is -0.597. The van der Waals surface area contributed by atoms with Gasteiger partial charge in [-0.3, -0.25) is 9.59 Å². The Morgan fingerprint density at radius 1 is 0.806 bits per heavy atom. The van der Waals surface area contributed by atoms with E-state index in [-0.39, 0.29) is 36.2 Å². The van der Waals surface area contributed by atoms with Gasteiger partial charge in [0.2, 0.25) is 0 Å². The SMILES string of the molecule is CCC1COC(=O)c2cccc(c2)C(=O)OC[C@@H](CC)NC(=O)c2ccc(s2)C(=O)N1. The predicted molar refractivity (Wildman–Crippen MR) is 114 cm³/mol. The fourth-order valence-electron chi connectivity index (χ4n) is 2.91. The smallest absolute Gasteiger partial charge is 0.338 e. The zero-order valence-corrected chi connectivity index (χ0v) is 18.1. The molecule has 4 bridgehead atoms. The van der Waals surface area contributed by atoms with Gasteiger partial charge in [0.1, 0.15) is 13.2 Å². The van der Waals surface area contributed by atoms with Crippen LogP contribution in [0.2, 0.25) is 0 Å². The summed E-state index contributed by atoms with van der Waals surface area (Å²) in [4.78, 5) is 50.7. The van der Waals surface area contributed by atoms with E-state index in [2.05, 4.69) is 10.6 Å². The van der Waals surface area contributed by atoms with Gasteiger partial charge < -0.3 is 20.1 Å². The maximum atomic E-state index is 12.6. The van der Waals surface area contributed by atoms with E-state index >= 15 is 0 Å². The number of carbonyl (C=O) groups is 4. The van der Waals surface area contributed by atoms with Gasteiger partial charge >= 0.3 is 11.9 Å². The van der Waals surface area contributed by atoms with Crippen LogP contribution in [-0.4, -0.2) is 49.1 Å². The van der Waals surface area contributed by atoms with Crippen molar-refractivity contribution in [1.82, 2.24) is 10.6 Å². The van der Waals surface area contributed by atoms with Crippen LogP contribution in [0.25, 0.3) is 0 Å². The monoisotopic (exact) mass is 444 g/mol. The number of cyclic esters (lactones) is 2. The summed E-state index contributed by atoms with van der Waals surface area (Å²) in [5, 5.41) is 5.65. The van der Waals surface area contributed by atoms with Crippen molar-refractivity contribution in [3.63, 3.8) is 0 Å². The molecule has 0 spiro atoms. The molecule has 8 nitrogen and oxygen atoms in total. The zero-order valence-electron chi connectivity index (χ0n) is 17.3. The van der Waals surface area contributed by atoms with E-state index in [0.717, 1.165) is 11.3 Å². The molecule has 1 aliphatic rings. The Morgan fingerprint density at radius 2 is 1.26 bits per heavy atom. The van der Waals surface area contributed by atoms with Gasteiger partial charge in [0.05, 0.1) is 33.0 Å². The van der Waals surface area contributed by atoms with Crippen LogP contribution in [0.3, 0.4) is 0 Å². The lowest BCUT2D eigenvalue weighted by Crippen LogP contribution is -2.38. The van der Waals surface area contributed by atoms with Crippen molar-refractivity contribution in [3.05, 3.63) is 57.3 Å². The average Bonchev–Trinajstić information content (AvgIpc) is 3.28. The molecule has 2 heterocycles. The Kier molecular flexibility index (Phi) is 7.41. The molecule has 2 amide bonds. The van der Waals surface area contributed by atoms with Crippen LogP contribution >= 0.6 is 11.3 Å². The third-order valence-electron chi connectivity index (χ3n) is 4.87. The molecule has 31 heavy (non-hydrogen) atoms. The number of amides is 2. The number of hydrogen-bond acceptors (Lipinski definition) is 7. The summed E-state index contributed by atoms with van der Waals surface area (Å²) >= 11 is 1.07. The third-order valence-corrected chi connectivity index (χ3v) is 5.96. The quantitative estimate of drug-likeness (QED) is 0.689. The molecule has 0 saturated carbocycles. The molecule has 0 radical (unpaired) electrons. The first-order valence-electron chi connectivity index (χ1n) is 10.1. The molecule has 0 fully saturated rings. The van der Waals surface area contributed by atoms with Gasteiger partial charge in [-0.15, -0.1) is 11.3 Å². The number of benzene rings is 1. The Morgan fingerprint density at radius 3 is 1.68 bits per heavy atom. The van der Waals surface area contributed by atoms with Crippen molar-refractivity contribution in [2.45, 2.75) is 38.8 Å². The van der Waals surface area contributed by atoms with E-state index in [1.165, 1.54) is 6.07 Å². The average molecular weight is 445 g/mol. The van der Waals surface area contributed by atoms with Crippen molar-refractivity contribution in [2.24, 2.45) is 0 Å². The lowest BCUT2D eigenvalue weighted by Gasteiger charge is -2.18. The van der Waals surface area contributed by atoms with Crippen molar-refractivity contribution in [1.29, 1.82) is 0 Å². The summed E-state index contributed by atoms with van der Waals surface area (Å²) in [7, 11) is 0. The van der Waals surface area contributed by atoms with Gasteiger partial charge in [-0.05, 0) is 43.2 Å². The van der Waals surface area contributed by atoms with Gasteiger partial charge in [-0.25, -0.2) is 9.59 Å². The lowest BCUT2D eigenvalue weighted by molar-refractivity contribution is 0.0449. The normalized spacial score (nSPS) is 20.6. The number of ether oxygens (including phenoxy) is 2. The van der Waals surface area contributed by atoms with Crippen molar-refractivity contribution in [3.8, 4) is 0 Å². The number of nitrogens with one attached hydrogen (secondary N) is 2. The summed E-state index contributed by atoms with van der Waals surface area (Å²) in [5.41, 5.74) is 0.417. The second kappa shape index (κ2) is 10.2. The van der Waals surface area contributed by atoms with Crippen LogP contribution in [0, 0.1) is 0 Å². The Balaban J connectivity index is 1.87. The van der Waals surface area contributed by atoms with Crippen LogP contribution in [0.1, 0.15) is 66.7 Å². The third kappa shape index (κ3) is 5.69. The largest absolute Gasteiger partial charge is 0.460 e. The molecule has 1 unspecified atom stereocenters. The molecule has 2 N–H and O–H groups in total. The van der Waals surface area contributed by atoms with Crippen LogP contribution in [0.5, 0.6) is 0 Å². The summed E-state index contributed by atoms with van der Waals surface area (Å²) < 4.78 is 10.7. The molecular weight excluding hydrogens is 420 g/mol. The standard InChI is InChI=1S/C22H24N2O6S/c1-3-15-11-29-21(27)13-6-5-7-14(10-13)22(28)30-12-16(4-2)24-20(26)18-9-8-17(31-18)19(25)23-15/h5-10,15-16H,3-4,11-12H2,1-2H3,(H,23,25)(H,24,26)/t15-,16?/m1/s1. The van der Waals surface area contributed by atoms with Crippen molar-refractivity contribution < 1.29 is 28.7 Å². The molecule has 2 atom stereocenters. The maximum absolute atomic E-state index is 12.6. The van der Waals surface area contributed by atoms with E-state index in [1.54, 1.807) is 30.3 Å². The second-order valence-electron chi connectivity index (χ2n) is 7.10. The van der Waals surface area contributed by atoms with Crippen LogP contribution in [0.4, 0.5) is 0 Å². The Bertz CT molecular complexity index is 914. The van der Waals surface area contributed by atoms with Crippen molar-refractivity contribution in [2.75, 3.05) is 13.2 Å². The summed E-state index contributed by atoms with van der Waals surface area (Å²) in [6, 6.07) is 8.41. The van der Waals surface area contributed by atoms with Gasteiger partial charge in [-0.1, -0.05) is 19.9 Å². The molecular formula is C22H24N2O6S. The molecule has 0 aliphatic carbocycles. The van der Waals surface area contributed by atoms with Crippen LogP contribution < -0.4 is 10.6 Å². The molecule has 9 heteroatoms. The molecule has 164 valence electrons. The van der Waals surface area contributed by atoms with E-state index in [0.29, 0.717) is 22.6 Å². The van der Waals surface area contributed by atoms with Gasteiger partial charge in [0, 0.05) is 0 Å². The second-order valence-corrected chi connectivity index (χ2v) is 8.18. The molecule has 1 aromatic heterocycles. The molecule has 1 aromatic carbocycles. The molecule has 0 saturated heterocycles. The highest BCUT2D eigenvalue weighted by atomic mass is 32.1. The zero-order chi connectivity index (χ0) is 22.4. The highest BCUT2D eigenvalue weighted by molar-refractivity contribution is 7.15. The number of esters is 2. The summed E-state index contributed by atoms with van der Waals surface area (Å²) in [6.45, 7) is 3.68. The molecule has 2 aromatic rings. The van der Waals surface area contributed by atoms with Gasteiger partial charge in [0.25, 0.3) is 11.8 Å². The number of rotatable bonds is 2. The number of fused-ring (bicyclic) bond motifs is 4. The fourth-order valence-corrected chi connectivity index (χ4v) is 3.72. The molecule has 1 aliphatic heterocycles. The highest BCUT2D eigenvalue weighted by Gasteiger charge is 2.21. The first-order valence-corrected chi connectivity index (χ1v) is 10.9. The number of hydrogen-bond donors (Lipinski definition) is 2. The Hall–Kier alpha value is -3.20. The van der Waals surface area contributed by atoms with Crippen LogP contribution in [0.15, 0.2) is 36.4 Å². The minimum Gasteiger partial charge on any atom is -0.460 e. The summed E-state index contributed by atoms with van der Waals surface area (Å²) in [5.74, 6) is -1.87. The van der Waals surface area contributed by atoms with Crippen molar-refractivity contribution >= 4 is 35.1 Å². The van der Waals surface area contributed by atoms with Gasteiger partial charge in [-0.2, -0.15) is 0 Å². The first kappa shape index (κ1) is 22.5. The highest BCUT2D eigenvalue weighted by Crippen LogP contribution is 2.18. The number of thiophene rings is 1. The fraction of sp³-hybridized carbons (Fsp3) is 0.364. The van der Waals surface area contributed by atoms with E-state index in [9.17, 15) is 19.2 Å². The van der Waals surface area contributed by atoms with E-state index in [1.807, 2.05) is 13.8 Å². The predicted octanol–water partition coefficient (Wildman–Crippen LogP) is 2.79. The number of carbonyl (C=O) groups excluding carboxylic acids is 4.